The van der Waals surface area contributed by atoms with Gasteiger partial charge in [0.15, 0.2) is 17.6 Å². The molecular weight excluding hydrogens is 447 g/mol. The lowest BCUT2D eigenvalue weighted by atomic mass is 10.2. The molecule has 2 aromatic rings. The Morgan fingerprint density at radius 2 is 2.00 bits per heavy atom. The molecule has 0 amide bonds. The van der Waals surface area contributed by atoms with Gasteiger partial charge in [-0.25, -0.2) is 4.79 Å². The summed E-state index contributed by atoms with van der Waals surface area (Å²) in [6.45, 7) is 1.59. The maximum absolute atomic E-state index is 12.5. The number of rotatable bonds is 8. The first-order valence-corrected chi connectivity index (χ1v) is 8.89. The number of ether oxygens (including phenoxy) is 1. The van der Waals surface area contributed by atoms with Gasteiger partial charge < -0.3 is 19.8 Å². The molecule has 0 fully saturated rings. The fraction of sp³-hybridized carbons (Fsp3) is 0.353. The lowest BCUT2D eigenvalue weighted by Gasteiger charge is -2.23. The largest absolute Gasteiger partial charge is 0.490 e. The lowest BCUT2D eigenvalue weighted by Crippen LogP contribution is -2.34. The van der Waals surface area contributed by atoms with Gasteiger partial charge in [0.1, 0.15) is 12.4 Å². The third-order valence-corrected chi connectivity index (χ3v) is 4.23. The Morgan fingerprint density at radius 1 is 1.29 bits per heavy atom. The van der Waals surface area contributed by atoms with Crippen LogP contribution in [0, 0.1) is 0 Å². The second-order valence-electron chi connectivity index (χ2n) is 5.72. The van der Waals surface area contributed by atoms with Crippen molar-refractivity contribution in [3.05, 3.63) is 46.1 Å². The topological polar surface area (TPSA) is 95.8 Å². The monoisotopic (exact) mass is 463 g/mol. The molecule has 0 aliphatic rings. The van der Waals surface area contributed by atoms with Crippen LogP contribution < -0.4 is 9.64 Å². The zero-order valence-electron chi connectivity index (χ0n) is 14.6. The van der Waals surface area contributed by atoms with Crippen molar-refractivity contribution >= 4 is 27.7 Å². The number of carbonyl (C=O) groups is 1. The predicted molar refractivity (Wildman–Crippen MR) is 97.4 cm³/mol. The highest BCUT2D eigenvalue weighted by Crippen LogP contribution is 2.27. The zero-order chi connectivity index (χ0) is 20.9. The van der Waals surface area contributed by atoms with E-state index in [1.54, 1.807) is 17.0 Å². The van der Waals surface area contributed by atoms with Crippen LogP contribution in [0.2, 0.25) is 0 Å². The highest BCUT2D eigenvalue weighted by atomic mass is 79.9. The van der Waals surface area contributed by atoms with Crippen molar-refractivity contribution in [1.29, 1.82) is 0 Å². The predicted octanol–water partition coefficient (Wildman–Crippen LogP) is 3.27. The van der Waals surface area contributed by atoms with E-state index in [1.165, 1.54) is 18.2 Å². The summed E-state index contributed by atoms with van der Waals surface area (Å²) in [6, 6.07) is 7.58. The van der Waals surface area contributed by atoms with Crippen LogP contribution in [0.25, 0.3) is 0 Å². The molecule has 0 aliphatic carbocycles. The number of anilines is 1. The van der Waals surface area contributed by atoms with Crippen LogP contribution in [0.3, 0.4) is 0 Å². The summed E-state index contributed by atoms with van der Waals surface area (Å²) in [5, 5.41) is 25.5. The Bertz CT molecular complexity index is 818. The average molecular weight is 464 g/mol. The van der Waals surface area contributed by atoms with Gasteiger partial charge in [0, 0.05) is 23.1 Å². The van der Waals surface area contributed by atoms with Crippen LogP contribution >= 0.6 is 15.9 Å². The number of alkyl halides is 3. The summed E-state index contributed by atoms with van der Waals surface area (Å²) >= 11 is 3.30. The first kappa shape index (κ1) is 21.9. The van der Waals surface area contributed by atoms with Crippen molar-refractivity contribution in [2.45, 2.75) is 25.7 Å². The molecule has 2 N–H and O–H groups in total. The van der Waals surface area contributed by atoms with Gasteiger partial charge in [0.2, 0.25) is 0 Å². The van der Waals surface area contributed by atoms with Crippen molar-refractivity contribution in [3.63, 3.8) is 0 Å². The van der Waals surface area contributed by atoms with E-state index in [2.05, 4.69) is 26.1 Å². The summed E-state index contributed by atoms with van der Waals surface area (Å²) in [4.78, 5) is 12.6. The van der Waals surface area contributed by atoms with Crippen LogP contribution in [0.1, 0.15) is 23.0 Å². The molecule has 1 aromatic heterocycles. The fourth-order valence-electron chi connectivity index (χ4n) is 2.24. The SMILES string of the molecule is CCN(Cc1cc(Br)ccc1OCC(O)C(F)(F)F)c1ccc(C(=O)O)nn1. The summed E-state index contributed by atoms with van der Waals surface area (Å²) < 4.78 is 43.3. The molecule has 11 heteroatoms. The highest BCUT2D eigenvalue weighted by molar-refractivity contribution is 9.10. The number of aromatic nitrogens is 2. The lowest BCUT2D eigenvalue weighted by molar-refractivity contribution is -0.210. The Hall–Kier alpha value is -2.40. The first-order valence-electron chi connectivity index (χ1n) is 8.09. The van der Waals surface area contributed by atoms with Gasteiger partial charge in [-0.05, 0) is 37.3 Å². The zero-order valence-corrected chi connectivity index (χ0v) is 16.2. The summed E-state index contributed by atoms with van der Waals surface area (Å²) in [7, 11) is 0. The Labute approximate surface area is 166 Å². The van der Waals surface area contributed by atoms with Crippen molar-refractivity contribution in [2.24, 2.45) is 0 Å². The van der Waals surface area contributed by atoms with Gasteiger partial charge in [-0.2, -0.15) is 13.2 Å². The van der Waals surface area contributed by atoms with E-state index in [4.69, 9.17) is 14.9 Å². The van der Waals surface area contributed by atoms with E-state index in [0.29, 0.717) is 22.4 Å². The van der Waals surface area contributed by atoms with Gasteiger partial charge >= 0.3 is 12.1 Å². The standard InChI is InChI=1S/C17H17BrF3N3O4/c1-2-24(15-6-4-12(16(26)27)22-23-15)8-10-7-11(18)3-5-13(10)28-9-14(25)17(19,20)21/h3-7,14,25H,2,8-9H2,1H3,(H,26,27). The van der Waals surface area contributed by atoms with E-state index in [-0.39, 0.29) is 18.0 Å². The Morgan fingerprint density at radius 3 is 2.54 bits per heavy atom. The minimum Gasteiger partial charge on any atom is -0.490 e. The van der Waals surface area contributed by atoms with Gasteiger partial charge in [-0.1, -0.05) is 15.9 Å². The van der Waals surface area contributed by atoms with Crippen LogP contribution in [0.15, 0.2) is 34.8 Å². The first-order chi connectivity index (χ1) is 13.1. The molecule has 1 unspecified atom stereocenters. The minimum absolute atomic E-state index is 0.181. The number of carboxylic acid groups (broad SMARTS) is 1. The average Bonchev–Trinajstić information content (AvgIpc) is 2.64. The van der Waals surface area contributed by atoms with Crippen molar-refractivity contribution in [2.75, 3.05) is 18.1 Å². The van der Waals surface area contributed by atoms with Gasteiger partial charge in [-0.15, -0.1) is 10.2 Å². The van der Waals surface area contributed by atoms with Crippen LogP contribution in [0.5, 0.6) is 5.75 Å². The van der Waals surface area contributed by atoms with E-state index >= 15 is 0 Å². The third kappa shape index (κ3) is 5.80. The van der Waals surface area contributed by atoms with E-state index in [0.717, 1.165) is 0 Å². The van der Waals surface area contributed by atoms with E-state index in [9.17, 15) is 18.0 Å². The molecule has 152 valence electrons. The van der Waals surface area contributed by atoms with Crippen molar-refractivity contribution in [3.8, 4) is 5.75 Å². The molecule has 2 rings (SSSR count). The normalized spacial score (nSPS) is 12.5. The molecule has 1 aromatic carbocycles. The third-order valence-electron chi connectivity index (χ3n) is 3.73. The van der Waals surface area contributed by atoms with Crippen LogP contribution in [0.4, 0.5) is 19.0 Å². The molecule has 28 heavy (non-hydrogen) atoms. The van der Waals surface area contributed by atoms with Crippen LogP contribution in [-0.4, -0.2) is 51.8 Å². The quantitative estimate of drug-likeness (QED) is 0.619. The number of benzene rings is 1. The number of halogens is 4. The molecule has 0 saturated carbocycles. The summed E-state index contributed by atoms with van der Waals surface area (Å²) in [5.41, 5.74) is 0.349. The van der Waals surface area contributed by atoms with Gasteiger partial charge in [0.05, 0.1) is 0 Å². The van der Waals surface area contributed by atoms with Crippen LogP contribution in [-0.2, 0) is 6.54 Å². The number of hydrogen-bond acceptors (Lipinski definition) is 6. The highest BCUT2D eigenvalue weighted by Gasteiger charge is 2.38. The number of aliphatic hydroxyl groups is 1. The number of carboxylic acids is 1. The molecule has 0 bridgehead atoms. The fourth-order valence-corrected chi connectivity index (χ4v) is 2.65. The summed E-state index contributed by atoms with van der Waals surface area (Å²) in [6.07, 6.45) is -7.37. The molecule has 0 spiro atoms. The van der Waals surface area contributed by atoms with Gasteiger partial charge in [-0.3, -0.25) is 0 Å². The molecule has 1 atom stereocenters. The molecule has 1 heterocycles. The van der Waals surface area contributed by atoms with E-state index < -0.39 is 24.9 Å². The number of aliphatic hydroxyl groups excluding tert-OH is 1. The van der Waals surface area contributed by atoms with Crippen molar-refractivity contribution in [1.82, 2.24) is 10.2 Å². The molecule has 0 aliphatic heterocycles. The molecular formula is C17H17BrF3N3O4. The maximum Gasteiger partial charge on any atom is 0.417 e. The number of nitrogens with zero attached hydrogens (tertiary/aromatic N) is 3. The summed E-state index contributed by atoms with van der Waals surface area (Å²) in [5.74, 6) is -0.623. The molecule has 0 saturated heterocycles. The van der Waals surface area contributed by atoms with Gasteiger partial charge in [0.25, 0.3) is 0 Å². The van der Waals surface area contributed by atoms with E-state index in [1.807, 2.05) is 6.92 Å². The minimum atomic E-state index is -4.77. The van der Waals surface area contributed by atoms with Crippen molar-refractivity contribution < 1.29 is 32.9 Å². The Kier molecular flexibility index (Phi) is 7.19. The second-order valence-corrected chi connectivity index (χ2v) is 6.63. The number of aromatic carboxylic acids is 1. The number of hydrogen-bond donors (Lipinski definition) is 2. The molecule has 7 nitrogen and oxygen atoms in total. The molecule has 0 radical (unpaired) electrons. The second kappa shape index (κ2) is 9.20. The maximum atomic E-state index is 12.5. The Balaban J connectivity index is 2.20. The smallest absolute Gasteiger partial charge is 0.417 e.